The zero-order chi connectivity index (χ0) is 16.4. The standard InChI is InChI=1S/C19H26N4O/c1-14-8-10-23(11-9-14)19-21-17-7-3-2-6-16(17)18(22-19)20-13-15-5-4-12-24-15/h2-3,6-7,14-15H,4-5,8-13H2,1H3,(H,20,21,22). The lowest BCUT2D eigenvalue weighted by atomic mass is 10.00. The summed E-state index contributed by atoms with van der Waals surface area (Å²) in [5, 5.41) is 4.60. The van der Waals surface area contributed by atoms with Gasteiger partial charge in [-0.1, -0.05) is 19.1 Å². The van der Waals surface area contributed by atoms with Gasteiger partial charge in [-0.15, -0.1) is 0 Å². The van der Waals surface area contributed by atoms with E-state index < -0.39 is 0 Å². The summed E-state index contributed by atoms with van der Waals surface area (Å²) in [5.41, 5.74) is 1.01. The van der Waals surface area contributed by atoms with Gasteiger partial charge in [0.25, 0.3) is 0 Å². The minimum atomic E-state index is 0.304. The third kappa shape index (κ3) is 3.31. The minimum absolute atomic E-state index is 0.304. The fourth-order valence-electron chi connectivity index (χ4n) is 3.56. The normalized spacial score (nSPS) is 22.2. The summed E-state index contributed by atoms with van der Waals surface area (Å²) in [6.07, 6.45) is 5.03. The van der Waals surface area contributed by atoms with Crippen LogP contribution in [-0.4, -0.2) is 42.3 Å². The summed E-state index contributed by atoms with van der Waals surface area (Å²) >= 11 is 0. The van der Waals surface area contributed by atoms with E-state index in [1.807, 2.05) is 12.1 Å². The quantitative estimate of drug-likeness (QED) is 0.932. The van der Waals surface area contributed by atoms with Gasteiger partial charge >= 0.3 is 0 Å². The maximum Gasteiger partial charge on any atom is 0.227 e. The molecule has 0 bridgehead atoms. The van der Waals surface area contributed by atoms with Gasteiger partial charge in [-0.25, -0.2) is 4.98 Å². The molecular formula is C19H26N4O. The molecule has 1 aromatic heterocycles. The minimum Gasteiger partial charge on any atom is -0.376 e. The molecule has 5 heteroatoms. The molecule has 0 saturated carbocycles. The first-order chi connectivity index (χ1) is 11.8. The van der Waals surface area contributed by atoms with Crippen LogP contribution in [0.5, 0.6) is 0 Å². The van der Waals surface area contributed by atoms with Crippen molar-refractivity contribution in [1.29, 1.82) is 0 Å². The Kier molecular flexibility index (Phi) is 4.52. The molecule has 0 amide bonds. The number of piperidine rings is 1. The van der Waals surface area contributed by atoms with Gasteiger partial charge in [-0.2, -0.15) is 4.98 Å². The molecule has 2 aliphatic rings. The number of hydrogen-bond donors (Lipinski definition) is 1. The van der Waals surface area contributed by atoms with Crippen LogP contribution in [0.25, 0.3) is 10.9 Å². The van der Waals surface area contributed by atoms with Gasteiger partial charge in [0.2, 0.25) is 5.95 Å². The monoisotopic (exact) mass is 326 g/mol. The first-order valence-electron chi connectivity index (χ1n) is 9.17. The Morgan fingerprint density at radius 3 is 2.79 bits per heavy atom. The van der Waals surface area contributed by atoms with Crippen LogP contribution in [0.15, 0.2) is 24.3 Å². The van der Waals surface area contributed by atoms with E-state index in [1.54, 1.807) is 0 Å². The number of benzene rings is 1. The molecule has 2 aliphatic heterocycles. The second-order valence-electron chi connectivity index (χ2n) is 7.07. The molecule has 1 unspecified atom stereocenters. The van der Waals surface area contributed by atoms with Gasteiger partial charge < -0.3 is 15.0 Å². The average Bonchev–Trinajstić information content (AvgIpc) is 3.13. The molecule has 1 atom stereocenters. The van der Waals surface area contributed by atoms with E-state index in [2.05, 4.69) is 29.3 Å². The summed E-state index contributed by atoms with van der Waals surface area (Å²) in [7, 11) is 0. The van der Waals surface area contributed by atoms with Gasteiger partial charge in [0.05, 0.1) is 11.6 Å². The first kappa shape index (κ1) is 15.6. The highest BCUT2D eigenvalue weighted by Crippen LogP contribution is 2.26. The van der Waals surface area contributed by atoms with E-state index in [4.69, 9.17) is 14.7 Å². The summed E-state index contributed by atoms with van der Waals surface area (Å²) in [6, 6.07) is 8.26. The maximum atomic E-state index is 5.73. The maximum absolute atomic E-state index is 5.73. The molecule has 2 fully saturated rings. The summed E-state index contributed by atoms with van der Waals surface area (Å²) < 4.78 is 5.73. The Morgan fingerprint density at radius 1 is 1.17 bits per heavy atom. The number of rotatable bonds is 4. The molecule has 2 aromatic rings. The highest BCUT2D eigenvalue weighted by atomic mass is 16.5. The van der Waals surface area contributed by atoms with Gasteiger partial charge in [0.15, 0.2) is 0 Å². The molecule has 1 N–H and O–H groups in total. The molecule has 3 heterocycles. The number of anilines is 2. The molecule has 128 valence electrons. The van der Waals surface area contributed by atoms with Crippen LogP contribution in [0.4, 0.5) is 11.8 Å². The molecule has 5 nitrogen and oxygen atoms in total. The van der Waals surface area contributed by atoms with Crippen molar-refractivity contribution in [2.24, 2.45) is 5.92 Å². The number of fused-ring (bicyclic) bond motifs is 1. The Balaban J connectivity index is 1.60. The van der Waals surface area contributed by atoms with E-state index >= 15 is 0 Å². The van der Waals surface area contributed by atoms with E-state index in [-0.39, 0.29) is 0 Å². The third-order valence-corrected chi connectivity index (χ3v) is 5.18. The first-order valence-corrected chi connectivity index (χ1v) is 9.17. The van der Waals surface area contributed by atoms with Crippen molar-refractivity contribution in [2.45, 2.75) is 38.7 Å². The Hall–Kier alpha value is -1.88. The second kappa shape index (κ2) is 6.93. The Bertz CT molecular complexity index is 691. The molecule has 0 spiro atoms. The van der Waals surface area contributed by atoms with Crippen LogP contribution in [0.3, 0.4) is 0 Å². The van der Waals surface area contributed by atoms with Crippen LogP contribution >= 0.6 is 0 Å². The van der Waals surface area contributed by atoms with Crippen molar-refractivity contribution >= 4 is 22.7 Å². The van der Waals surface area contributed by atoms with Crippen LogP contribution in [-0.2, 0) is 4.74 Å². The second-order valence-corrected chi connectivity index (χ2v) is 7.07. The summed E-state index contributed by atoms with van der Waals surface area (Å²) in [5.74, 6) is 2.60. The van der Waals surface area contributed by atoms with Crippen molar-refractivity contribution in [3.8, 4) is 0 Å². The molecule has 24 heavy (non-hydrogen) atoms. The van der Waals surface area contributed by atoms with E-state index in [0.717, 1.165) is 67.7 Å². The van der Waals surface area contributed by atoms with E-state index in [0.29, 0.717) is 6.10 Å². The third-order valence-electron chi connectivity index (χ3n) is 5.18. The number of ether oxygens (including phenoxy) is 1. The highest BCUT2D eigenvalue weighted by molar-refractivity contribution is 5.90. The summed E-state index contributed by atoms with van der Waals surface area (Å²) in [6.45, 7) is 6.12. The topological polar surface area (TPSA) is 50.3 Å². The van der Waals surface area contributed by atoms with Crippen LogP contribution in [0, 0.1) is 5.92 Å². The molecule has 1 aromatic carbocycles. The number of aromatic nitrogens is 2. The van der Waals surface area contributed by atoms with Crippen LogP contribution < -0.4 is 10.2 Å². The zero-order valence-corrected chi connectivity index (χ0v) is 14.4. The molecule has 0 radical (unpaired) electrons. The number of nitrogens with zero attached hydrogens (tertiary/aromatic N) is 3. The van der Waals surface area contributed by atoms with E-state index in [1.165, 1.54) is 12.8 Å². The fraction of sp³-hybridized carbons (Fsp3) is 0.579. The average molecular weight is 326 g/mol. The fourth-order valence-corrected chi connectivity index (χ4v) is 3.56. The number of hydrogen-bond acceptors (Lipinski definition) is 5. The lowest BCUT2D eigenvalue weighted by Gasteiger charge is -2.30. The molecule has 2 saturated heterocycles. The zero-order valence-electron chi connectivity index (χ0n) is 14.4. The molecular weight excluding hydrogens is 300 g/mol. The lowest BCUT2D eigenvalue weighted by molar-refractivity contribution is 0.120. The smallest absolute Gasteiger partial charge is 0.227 e. The van der Waals surface area contributed by atoms with Gasteiger partial charge in [-0.05, 0) is 43.7 Å². The number of nitrogens with one attached hydrogen (secondary N) is 1. The van der Waals surface area contributed by atoms with Crippen LogP contribution in [0.2, 0.25) is 0 Å². The lowest BCUT2D eigenvalue weighted by Crippen LogP contribution is -2.34. The predicted octanol–water partition coefficient (Wildman–Crippen LogP) is 3.46. The van der Waals surface area contributed by atoms with Crippen molar-refractivity contribution in [1.82, 2.24) is 9.97 Å². The number of para-hydroxylation sites is 1. The molecule has 4 rings (SSSR count). The van der Waals surface area contributed by atoms with E-state index in [9.17, 15) is 0 Å². The van der Waals surface area contributed by atoms with Crippen molar-refractivity contribution in [3.05, 3.63) is 24.3 Å². The largest absolute Gasteiger partial charge is 0.376 e. The Labute approximate surface area is 143 Å². The predicted molar refractivity (Wildman–Crippen MR) is 97.6 cm³/mol. The molecule has 0 aliphatic carbocycles. The van der Waals surface area contributed by atoms with Gasteiger partial charge in [-0.3, -0.25) is 0 Å². The SMILES string of the molecule is CC1CCN(c2nc(NCC3CCCO3)c3ccccc3n2)CC1. The van der Waals surface area contributed by atoms with Crippen molar-refractivity contribution in [2.75, 3.05) is 36.5 Å². The highest BCUT2D eigenvalue weighted by Gasteiger charge is 2.20. The Morgan fingerprint density at radius 2 is 2.00 bits per heavy atom. The van der Waals surface area contributed by atoms with Crippen molar-refractivity contribution in [3.63, 3.8) is 0 Å². The van der Waals surface area contributed by atoms with Crippen molar-refractivity contribution < 1.29 is 4.74 Å². The summed E-state index contributed by atoms with van der Waals surface area (Å²) in [4.78, 5) is 12.0. The van der Waals surface area contributed by atoms with Gasteiger partial charge in [0.1, 0.15) is 5.82 Å². The van der Waals surface area contributed by atoms with Crippen LogP contribution in [0.1, 0.15) is 32.6 Å². The van der Waals surface area contributed by atoms with Gasteiger partial charge in [0, 0.05) is 31.6 Å².